The fraction of sp³-hybridized carbons (Fsp3) is 0.667. The summed E-state index contributed by atoms with van der Waals surface area (Å²) in [5.74, 6) is 0. The summed E-state index contributed by atoms with van der Waals surface area (Å²) < 4.78 is 6.95. The third-order valence-electron chi connectivity index (χ3n) is 4.33. The molecule has 1 N–H and O–H groups in total. The van der Waals surface area contributed by atoms with Crippen molar-refractivity contribution in [3.63, 3.8) is 0 Å². The Labute approximate surface area is 129 Å². The predicted molar refractivity (Wildman–Crippen MR) is 81.7 cm³/mol. The van der Waals surface area contributed by atoms with Crippen LogP contribution in [0.25, 0.3) is 0 Å². The van der Waals surface area contributed by atoms with Gasteiger partial charge in [0.1, 0.15) is 11.6 Å². The molecule has 2 atom stereocenters. The second-order valence-electron chi connectivity index (χ2n) is 5.83. The summed E-state index contributed by atoms with van der Waals surface area (Å²) in [7, 11) is 0. The van der Waals surface area contributed by atoms with Crippen LogP contribution in [0.2, 0.25) is 0 Å². The first-order chi connectivity index (χ1) is 10.7. The van der Waals surface area contributed by atoms with Gasteiger partial charge in [-0.05, 0) is 26.2 Å². The van der Waals surface area contributed by atoms with E-state index in [1.807, 2.05) is 0 Å². The number of hydrogen-bond acceptors (Lipinski definition) is 6. The van der Waals surface area contributed by atoms with E-state index in [1.54, 1.807) is 6.20 Å². The van der Waals surface area contributed by atoms with E-state index in [2.05, 4.69) is 28.3 Å². The molecule has 1 aromatic heterocycles. The summed E-state index contributed by atoms with van der Waals surface area (Å²) in [6.07, 6.45) is 4.08. The number of aromatic nitrogens is 2. The largest absolute Gasteiger partial charge is 0.364 e. The molecule has 3 rings (SSSR count). The van der Waals surface area contributed by atoms with Crippen molar-refractivity contribution in [2.75, 3.05) is 31.1 Å². The first kappa shape index (κ1) is 15.0. The number of nitrogens with zero attached hydrogens (tertiary/aromatic N) is 4. The Kier molecular flexibility index (Phi) is 4.41. The zero-order valence-electron chi connectivity index (χ0n) is 12.8. The molecule has 3 heterocycles. The van der Waals surface area contributed by atoms with Crippen molar-refractivity contribution in [3.8, 4) is 6.07 Å². The summed E-state index contributed by atoms with van der Waals surface area (Å²) in [4.78, 5) is 14.7. The van der Waals surface area contributed by atoms with Gasteiger partial charge in [-0.15, -0.1) is 0 Å². The summed E-state index contributed by atoms with van der Waals surface area (Å²) in [6, 6.07) is 2.30. The molecular formula is C15H21N5O2. The van der Waals surface area contributed by atoms with Crippen molar-refractivity contribution in [2.24, 2.45) is 0 Å². The summed E-state index contributed by atoms with van der Waals surface area (Å²) in [6.45, 7) is 5.14. The van der Waals surface area contributed by atoms with E-state index in [-0.39, 0.29) is 23.4 Å². The molecule has 7 heteroatoms. The summed E-state index contributed by atoms with van der Waals surface area (Å²) >= 11 is 0. The molecule has 0 spiro atoms. The highest BCUT2D eigenvalue weighted by Crippen LogP contribution is 2.23. The fourth-order valence-corrected chi connectivity index (χ4v) is 3.10. The molecule has 2 fully saturated rings. The van der Waals surface area contributed by atoms with E-state index in [1.165, 1.54) is 4.68 Å². The number of piperazine rings is 1. The Bertz CT molecular complexity index is 630. The molecule has 0 bridgehead atoms. The normalized spacial score (nSPS) is 25.7. The molecule has 0 aromatic carbocycles. The molecule has 2 aliphatic heterocycles. The van der Waals surface area contributed by atoms with Crippen LogP contribution in [0.3, 0.4) is 0 Å². The minimum atomic E-state index is -0.349. The highest BCUT2D eigenvalue weighted by Gasteiger charge is 2.26. The lowest BCUT2D eigenvalue weighted by molar-refractivity contribution is -0.0425. The number of nitriles is 1. The molecule has 0 aliphatic carbocycles. The van der Waals surface area contributed by atoms with Crippen LogP contribution in [-0.4, -0.2) is 42.1 Å². The predicted octanol–water partition coefficient (Wildman–Crippen LogP) is 0.612. The van der Waals surface area contributed by atoms with Crippen LogP contribution in [0.4, 0.5) is 5.69 Å². The van der Waals surface area contributed by atoms with E-state index in [4.69, 9.17) is 4.74 Å². The van der Waals surface area contributed by atoms with Gasteiger partial charge < -0.3 is 15.0 Å². The third-order valence-corrected chi connectivity index (χ3v) is 4.33. The first-order valence-electron chi connectivity index (χ1n) is 7.83. The zero-order chi connectivity index (χ0) is 15.5. The van der Waals surface area contributed by atoms with E-state index in [0.717, 1.165) is 38.9 Å². The fourth-order valence-electron chi connectivity index (χ4n) is 3.10. The van der Waals surface area contributed by atoms with Gasteiger partial charge in [0, 0.05) is 32.3 Å². The maximum Gasteiger partial charge on any atom is 0.289 e. The lowest BCUT2D eigenvalue weighted by Gasteiger charge is -2.36. The van der Waals surface area contributed by atoms with E-state index >= 15 is 0 Å². The van der Waals surface area contributed by atoms with Crippen molar-refractivity contribution in [1.82, 2.24) is 15.1 Å². The second-order valence-corrected chi connectivity index (χ2v) is 5.83. The minimum Gasteiger partial charge on any atom is -0.364 e. The Hall–Kier alpha value is -1.91. The smallest absolute Gasteiger partial charge is 0.289 e. The topological polar surface area (TPSA) is 83.2 Å². The number of anilines is 1. The van der Waals surface area contributed by atoms with Crippen LogP contribution in [-0.2, 0) is 4.74 Å². The zero-order valence-corrected chi connectivity index (χ0v) is 12.8. The van der Waals surface area contributed by atoms with Crippen molar-refractivity contribution in [2.45, 2.75) is 38.5 Å². The Balaban J connectivity index is 1.97. The van der Waals surface area contributed by atoms with Gasteiger partial charge in [-0.2, -0.15) is 15.0 Å². The van der Waals surface area contributed by atoms with Crippen molar-refractivity contribution in [1.29, 1.82) is 5.26 Å². The number of ether oxygens (including phenoxy) is 1. The van der Waals surface area contributed by atoms with Crippen LogP contribution in [0.5, 0.6) is 0 Å². The van der Waals surface area contributed by atoms with Crippen molar-refractivity contribution >= 4 is 5.69 Å². The number of hydrogen-bond donors (Lipinski definition) is 1. The lowest BCUT2D eigenvalue weighted by atomic mass is 10.1. The van der Waals surface area contributed by atoms with Crippen LogP contribution < -0.4 is 15.8 Å². The Morgan fingerprint density at radius 3 is 3.05 bits per heavy atom. The molecule has 22 heavy (non-hydrogen) atoms. The summed E-state index contributed by atoms with van der Waals surface area (Å²) in [5, 5.41) is 17.1. The monoisotopic (exact) mass is 303 g/mol. The van der Waals surface area contributed by atoms with E-state index in [0.29, 0.717) is 12.3 Å². The molecule has 0 radical (unpaired) electrons. The van der Waals surface area contributed by atoms with Crippen LogP contribution in [0, 0.1) is 11.3 Å². The molecule has 118 valence electrons. The molecule has 7 nitrogen and oxygen atoms in total. The average Bonchev–Trinajstić information content (AvgIpc) is 2.56. The van der Waals surface area contributed by atoms with Crippen LogP contribution >= 0.6 is 0 Å². The molecular weight excluding hydrogens is 282 g/mol. The second kappa shape index (κ2) is 6.46. The van der Waals surface area contributed by atoms with Gasteiger partial charge in [0.25, 0.3) is 5.56 Å². The molecule has 2 unspecified atom stereocenters. The maximum absolute atomic E-state index is 12.6. The number of nitrogens with one attached hydrogen (secondary N) is 1. The third kappa shape index (κ3) is 2.72. The van der Waals surface area contributed by atoms with Gasteiger partial charge in [0.2, 0.25) is 0 Å². The standard InChI is InChI=1S/C15H21N5O2/c1-11-9-17-5-6-19(11)13-10-18-20(15(21)12(13)8-16)14-4-2-3-7-22-14/h10-11,14,17H,2-7,9H2,1H3. The van der Waals surface area contributed by atoms with Crippen molar-refractivity contribution in [3.05, 3.63) is 22.1 Å². The molecule has 2 saturated heterocycles. The number of rotatable bonds is 2. The molecule has 1 aromatic rings. The molecule has 0 saturated carbocycles. The Morgan fingerprint density at radius 2 is 2.36 bits per heavy atom. The van der Waals surface area contributed by atoms with Gasteiger partial charge in [0.15, 0.2) is 6.23 Å². The average molecular weight is 303 g/mol. The first-order valence-corrected chi connectivity index (χ1v) is 7.83. The van der Waals surface area contributed by atoms with E-state index < -0.39 is 0 Å². The lowest BCUT2D eigenvalue weighted by Crippen LogP contribution is -2.50. The SMILES string of the molecule is CC1CNCCN1c1cnn(C2CCCCO2)c(=O)c1C#N. The van der Waals surface area contributed by atoms with Crippen molar-refractivity contribution < 1.29 is 4.74 Å². The van der Waals surface area contributed by atoms with Gasteiger partial charge in [-0.3, -0.25) is 4.79 Å². The molecule has 0 amide bonds. The van der Waals surface area contributed by atoms with Crippen LogP contribution in [0.1, 0.15) is 38.0 Å². The summed E-state index contributed by atoms with van der Waals surface area (Å²) in [5.41, 5.74) is 0.448. The quantitative estimate of drug-likeness (QED) is 0.862. The molecule has 2 aliphatic rings. The van der Waals surface area contributed by atoms with Crippen LogP contribution in [0.15, 0.2) is 11.0 Å². The highest BCUT2D eigenvalue weighted by molar-refractivity contribution is 5.57. The maximum atomic E-state index is 12.6. The van der Waals surface area contributed by atoms with Gasteiger partial charge in [-0.1, -0.05) is 0 Å². The van der Waals surface area contributed by atoms with Gasteiger partial charge in [0.05, 0.1) is 11.9 Å². The van der Waals surface area contributed by atoms with Gasteiger partial charge >= 0.3 is 0 Å². The highest BCUT2D eigenvalue weighted by atomic mass is 16.5. The minimum absolute atomic E-state index is 0.165. The Morgan fingerprint density at radius 1 is 1.50 bits per heavy atom. The van der Waals surface area contributed by atoms with Gasteiger partial charge in [-0.25, -0.2) is 0 Å². The van der Waals surface area contributed by atoms with E-state index in [9.17, 15) is 10.1 Å².